The second-order valence-electron chi connectivity index (χ2n) is 6.74. The first kappa shape index (κ1) is 17.7. The molecular formula is C21H23N3O3. The monoisotopic (exact) mass is 365 g/mol. The average molecular weight is 365 g/mol. The van der Waals surface area contributed by atoms with Crippen molar-refractivity contribution < 1.29 is 14.3 Å². The number of carbonyl (C=O) groups excluding carboxylic acids is 1. The summed E-state index contributed by atoms with van der Waals surface area (Å²) in [4.78, 5) is 12.6. The number of amides is 1. The molecule has 0 radical (unpaired) electrons. The van der Waals surface area contributed by atoms with Crippen LogP contribution in [-0.4, -0.2) is 38.4 Å². The quantitative estimate of drug-likeness (QED) is 0.468. The summed E-state index contributed by atoms with van der Waals surface area (Å²) in [6.45, 7) is 4.03. The van der Waals surface area contributed by atoms with E-state index >= 15 is 0 Å². The molecule has 1 saturated heterocycles. The zero-order valence-electron chi connectivity index (χ0n) is 15.3. The van der Waals surface area contributed by atoms with E-state index < -0.39 is 6.10 Å². The molecule has 0 aromatic heterocycles. The van der Waals surface area contributed by atoms with Gasteiger partial charge in [0.1, 0.15) is 0 Å². The molecule has 1 atom stereocenters. The fourth-order valence-corrected chi connectivity index (χ4v) is 3.37. The van der Waals surface area contributed by atoms with Crippen LogP contribution in [0.25, 0.3) is 23.4 Å². The maximum Gasteiger partial charge on any atom is 0.272 e. The van der Waals surface area contributed by atoms with Crippen molar-refractivity contribution >= 4 is 23.9 Å². The zero-order chi connectivity index (χ0) is 18.8. The van der Waals surface area contributed by atoms with Crippen LogP contribution in [0, 0.1) is 6.92 Å². The van der Waals surface area contributed by atoms with Crippen LogP contribution in [0.2, 0.25) is 0 Å². The van der Waals surface area contributed by atoms with Crippen molar-refractivity contribution in [1.82, 2.24) is 5.32 Å². The van der Waals surface area contributed by atoms with Crippen molar-refractivity contribution in [2.24, 2.45) is 5.84 Å². The van der Waals surface area contributed by atoms with E-state index in [4.69, 9.17) is 15.3 Å². The summed E-state index contributed by atoms with van der Waals surface area (Å²) >= 11 is 0. The Labute approximate surface area is 157 Å². The lowest BCUT2D eigenvalue weighted by Crippen LogP contribution is -2.48. The molecule has 1 amide bonds. The van der Waals surface area contributed by atoms with Crippen molar-refractivity contribution in [3.63, 3.8) is 0 Å². The van der Waals surface area contributed by atoms with Crippen LogP contribution in [0.1, 0.15) is 5.56 Å². The van der Waals surface area contributed by atoms with Crippen LogP contribution in [0.3, 0.4) is 0 Å². The largest absolute Gasteiger partial charge is 0.387 e. The number of ether oxygens (including phenoxy) is 2. The molecule has 6 heteroatoms. The number of nitrogens with one attached hydrogen (secondary N) is 1. The second kappa shape index (κ2) is 7.52. The van der Waals surface area contributed by atoms with Gasteiger partial charge in [0.2, 0.25) is 0 Å². The Morgan fingerprint density at radius 2 is 2.07 bits per heavy atom. The van der Waals surface area contributed by atoms with E-state index in [1.807, 2.05) is 31.3 Å². The van der Waals surface area contributed by atoms with Crippen LogP contribution < -0.4 is 26.6 Å². The number of hydrogen-bond acceptors (Lipinski definition) is 5. The van der Waals surface area contributed by atoms with Crippen molar-refractivity contribution in [3.8, 4) is 11.1 Å². The van der Waals surface area contributed by atoms with Gasteiger partial charge in [-0.3, -0.25) is 4.79 Å². The van der Waals surface area contributed by atoms with Crippen LogP contribution in [0.15, 0.2) is 36.4 Å². The van der Waals surface area contributed by atoms with Crippen LogP contribution in [0.5, 0.6) is 0 Å². The highest BCUT2D eigenvalue weighted by Crippen LogP contribution is 2.27. The minimum atomic E-state index is -0.659. The maximum absolute atomic E-state index is 12.6. The lowest BCUT2D eigenvalue weighted by atomic mass is 9.98. The third-order valence-corrected chi connectivity index (χ3v) is 4.92. The predicted octanol–water partition coefficient (Wildman–Crippen LogP) is 0.406. The van der Waals surface area contributed by atoms with Crippen molar-refractivity contribution in [2.45, 2.75) is 13.0 Å². The van der Waals surface area contributed by atoms with E-state index in [-0.39, 0.29) is 12.5 Å². The smallest absolute Gasteiger partial charge is 0.272 e. The van der Waals surface area contributed by atoms with Gasteiger partial charge in [-0.2, -0.15) is 0 Å². The van der Waals surface area contributed by atoms with Gasteiger partial charge in [-0.25, -0.2) is 10.9 Å². The molecule has 27 heavy (non-hydrogen) atoms. The highest BCUT2D eigenvalue weighted by Gasteiger charge is 2.27. The summed E-state index contributed by atoms with van der Waals surface area (Å²) in [5, 5.41) is 6.76. The van der Waals surface area contributed by atoms with Crippen molar-refractivity contribution in [1.29, 1.82) is 0 Å². The minimum Gasteiger partial charge on any atom is -0.387 e. The molecule has 6 nitrogen and oxygen atoms in total. The normalized spacial score (nSPS) is 18.5. The number of aryl methyl sites for hydroxylation is 1. The molecule has 2 aromatic rings. The number of anilines is 1. The van der Waals surface area contributed by atoms with Gasteiger partial charge in [0, 0.05) is 12.7 Å². The molecule has 2 aliphatic rings. The van der Waals surface area contributed by atoms with E-state index in [0.29, 0.717) is 18.9 Å². The maximum atomic E-state index is 12.6. The molecular weight excluding hydrogens is 342 g/mol. The molecule has 2 aromatic carbocycles. The van der Waals surface area contributed by atoms with Crippen LogP contribution in [0.4, 0.5) is 5.69 Å². The van der Waals surface area contributed by atoms with Crippen LogP contribution >= 0.6 is 0 Å². The molecule has 4 rings (SSSR count). The van der Waals surface area contributed by atoms with E-state index in [0.717, 1.165) is 33.5 Å². The first-order valence-electron chi connectivity index (χ1n) is 9.06. The van der Waals surface area contributed by atoms with Gasteiger partial charge in [-0.15, -0.1) is 0 Å². The molecule has 140 valence electrons. The van der Waals surface area contributed by atoms with E-state index in [2.05, 4.69) is 29.6 Å². The first-order valence-corrected chi connectivity index (χ1v) is 9.06. The molecule has 1 unspecified atom stereocenters. The highest BCUT2D eigenvalue weighted by molar-refractivity contribution is 5.96. The Balaban J connectivity index is 1.66. The van der Waals surface area contributed by atoms with E-state index in [1.165, 1.54) is 5.22 Å². The summed E-state index contributed by atoms with van der Waals surface area (Å²) in [5.41, 5.74) is 3.86. The molecule has 0 saturated carbocycles. The third-order valence-electron chi connectivity index (χ3n) is 4.92. The number of nitrogens with two attached hydrogens (primary N) is 1. The van der Waals surface area contributed by atoms with E-state index in [1.54, 1.807) is 0 Å². The Bertz CT molecular complexity index is 981. The lowest BCUT2D eigenvalue weighted by molar-refractivity contribution is -0.144. The molecule has 2 aliphatic heterocycles. The highest BCUT2D eigenvalue weighted by atomic mass is 16.6. The predicted molar refractivity (Wildman–Crippen MR) is 105 cm³/mol. The van der Waals surface area contributed by atoms with Gasteiger partial charge in [0.15, 0.2) is 6.10 Å². The van der Waals surface area contributed by atoms with Crippen molar-refractivity contribution in [3.05, 3.63) is 52.4 Å². The lowest BCUT2D eigenvalue weighted by Gasteiger charge is -2.26. The van der Waals surface area contributed by atoms with Gasteiger partial charge < -0.3 is 14.8 Å². The van der Waals surface area contributed by atoms with Gasteiger partial charge in [-0.05, 0) is 52.3 Å². The Morgan fingerprint density at radius 1 is 1.19 bits per heavy atom. The Morgan fingerprint density at radius 3 is 2.89 bits per heavy atom. The fraction of sp³-hybridized carbons (Fsp3) is 0.286. The second-order valence-corrected chi connectivity index (χ2v) is 6.74. The number of fused-ring (bicyclic) bond motifs is 1. The van der Waals surface area contributed by atoms with Gasteiger partial charge in [0.05, 0.1) is 25.5 Å². The summed E-state index contributed by atoms with van der Waals surface area (Å²) in [6.07, 6.45) is 3.53. The Kier molecular flexibility index (Phi) is 4.94. The van der Waals surface area contributed by atoms with Gasteiger partial charge in [0.25, 0.3) is 5.91 Å². The van der Waals surface area contributed by atoms with E-state index in [9.17, 15) is 4.79 Å². The molecule has 3 N–H and O–H groups in total. The first-order chi connectivity index (χ1) is 13.1. The molecule has 0 bridgehead atoms. The third kappa shape index (κ3) is 3.60. The minimum absolute atomic E-state index is 0.232. The molecule has 0 spiro atoms. The van der Waals surface area contributed by atoms with Gasteiger partial charge >= 0.3 is 0 Å². The molecule has 0 aliphatic carbocycles. The number of benzene rings is 2. The molecule has 2 heterocycles. The molecule has 1 fully saturated rings. The number of nitrogens with zero attached hydrogens (tertiary/aromatic N) is 1. The zero-order valence-corrected chi connectivity index (χ0v) is 15.3. The fourth-order valence-electron chi connectivity index (χ4n) is 3.37. The number of carbonyl (C=O) groups is 1. The topological polar surface area (TPSA) is 76.8 Å². The number of hydrazine groups is 1. The standard InChI is InChI=1S/C21H23N3O3/c1-14-2-5-18(24(22)21(25)20-13-26-8-9-27-20)11-19(14)16-4-3-15-6-7-23-12-17(15)10-16/h2-6,10-12,20,23H,7-9,13,22H2,1H3. The van der Waals surface area contributed by atoms with Crippen molar-refractivity contribution in [2.75, 3.05) is 31.4 Å². The van der Waals surface area contributed by atoms with Crippen LogP contribution in [-0.2, 0) is 14.3 Å². The van der Waals surface area contributed by atoms with Gasteiger partial charge in [-0.1, -0.05) is 24.3 Å². The number of rotatable bonds is 3. The summed E-state index contributed by atoms with van der Waals surface area (Å²) < 4.78 is 10.8. The number of hydrogen-bond donors (Lipinski definition) is 2. The average Bonchev–Trinajstić information content (AvgIpc) is 2.73. The SMILES string of the molecule is Cc1ccc(N(N)C(=O)C2COCCO2)cc1-c1ccc2c(c1)=CNCC=2. The summed E-state index contributed by atoms with van der Waals surface area (Å²) in [7, 11) is 0. The summed E-state index contributed by atoms with van der Waals surface area (Å²) in [5.74, 6) is 5.80. The Hall–Kier alpha value is -2.67. The summed E-state index contributed by atoms with van der Waals surface area (Å²) in [6, 6.07) is 12.1.